The molecule has 5 saturated carbocycles. The molecule has 0 heterocycles. The number of benzene rings is 1. The van der Waals surface area contributed by atoms with E-state index in [-0.39, 0.29) is 5.41 Å². The molecule has 0 bridgehead atoms. The number of carbonyl (C=O) groups excluding carboxylic acids is 2. The second-order valence-corrected chi connectivity index (χ2v) is 14.6. The molecule has 0 saturated heterocycles. The SMILES string of the molecule is CCC[C@H](NC1CCCCC1)c1cccc(OCC[C@]23CCC4C(CCC5CC(=O)CC[C@@]54C)C2CCC3=O)c1. The van der Waals surface area contributed by atoms with Crippen molar-refractivity contribution in [3.05, 3.63) is 29.8 Å². The van der Waals surface area contributed by atoms with E-state index in [2.05, 4.69) is 43.4 Å². The maximum absolute atomic E-state index is 13.5. The van der Waals surface area contributed by atoms with Gasteiger partial charge in [0.25, 0.3) is 0 Å². The van der Waals surface area contributed by atoms with Crippen molar-refractivity contribution in [2.45, 2.75) is 135 Å². The monoisotopic (exact) mass is 547 g/mol. The molecular formula is C36H53NO3. The largest absolute Gasteiger partial charge is 0.494 e. The van der Waals surface area contributed by atoms with Crippen LogP contribution in [0.1, 0.15) is 135 Å². The number of Topliss-reactive ketones (excluding diaryl/α,β-unsaturated/α-hetero) is 2. The molecule has 0 radical (unpaired) electrons. The van der Waals surface area contributed by atoms with Gasteiger partial charge in [-0.15, -0.1) is 0 Å². The van der Waals surface area contributed by atoms with Crippen LogP contribution < -0.4 is 10.1 Å². The van der Waals surface area contributed by atoms with E-state index < -0.39 is 0 Å². The molecule has 1 N–H and O–H groups in total. The summed E-state index contributed by atoms with van der Waals surface area (Å²) in [5.41, 5.74) is 1.46. The van der Waals surface area contributed by atoms with Crippen LogP contribution in [0.4, 0.5) is 0 Å². The maximum atomic E-state index is 13.5. The molecular weight excluding hydrogens is 494 g/mol. The average molecular weight is 548 g/mol. The molecule has 0 spiro atoms. The second-order valence-electron chi connectivity index (χ2n) is 14.6. The van der Waals surface area contributed by atoms with Gasteiger partial charge in [-0.1, -0.05) is 51.7 Å². The fourth-order valence-electron chi connectivity index (χ4n) is 10.4. The van der Waals surface area contributed by atoms with E-state index in [1.165, 1.54) is 56.9 Å². The van der Waals surface area contributed by atoms with Crippen LogP contribution in [0, 0.1) is 34.5 Å². The van der Waals surface area contributed by atoms with Gasteiger partial charge in [0.1, 0.15) is 17.3 Å². The van der Waals surface area contributed by atoms with E-state index in [0.717, 1.165) is 63.5 Å². The Morgan fingerprint density at radius 2 is 1.82 bits per heavy atom. The van der Waals surface area contributed by atoms with Gasteiger partial charge in [-0.2, -0.15) is 0 Å². The number of hydrogen-bond acceptors (Lipinski definition) is 4. The molecule has 5 aliphatic rings. The van der Waals surface area contributed by atoms with E-state index in [1.54, 1.807) is 0 Å². The third-order valence-corrected chi connectivity index (χ3v) is 12.6. The van der Waals surface area contributed by atoms with Crippen molar-refractivity contribution < 1.29 is 14.3 Å². The topological polar surface area (TPSA) is 55.4 Å². The number of nitrogens with one attached hydrogen (secondary N) is 1. The molecule has 40 heavy (non-hydrogen) atoms. The molecule has 1 aromatic rings. The van der Waals surface area contributed by atoms with Gasteiger partial charge in [0.15, 0.2) is 0 Å². The fraction of sp³-hybridized carbons (Fsp3) is 0.778. The Bertz CT molecular complexity index is 1060. The molecule has 0 amide bonds. The molecule has 1 aromatic carbocycles. The van der Waals surface area contributed by atoms with Gasteiger partial charge in [-0.05, 0) is 111 Å². The van der Waals surface area contributed by atoms with E-state index in [1.807, 2.05) is 0 Å². The molecule has 220 valence electrons. The normalized spacial score (nSPS) is 37.0. The van der Waals surface area contributed by atoms with Gasteiger partial charge in [0, 0.05) is 36.8 Å². The molecule has 0 aromatic heterocycles. The number of ether oxygens (including phenoxy) is 1. The van der Waals surface area contributed by atoms with Gasteiger partial charge in [-0.3, -0.25) is 9.59 Å². The summed E-state index contributed by atoms with van der Waals surface area (Å²) >= 11 is 0. The molecule has 4 heteroatoms. The molecule has 0 aliphatic heterocycles. The summed E-state index contributed by atoms with van der Waals surface area (Å²) in [6.45, 7) is 5.40. The van der Waals surface area contributed by atoms with Crippen LogP contribution in [0.15, 0.2) is 24.3 Å². The molecule has 5 fully saturated rings. The van der Waals surface area contributed by atoms with E-state index in [0.29, 0.717) is 59.3 Å². The Hall–Kier alpha value is -1.68. The lowest BCUT2D eigenvalue weighted by Crippen LogP contribution is -2.54. The first-order valence-electron chi connectivity index (χ1n) is 17.0. The Morgan fingerprint density at radius 3 is 2.65 bits per heavy atom. The van der Waals surface area contributed by atoms with Crippen LogP contribution in [-0.4, -0.2) is 24.2 Å². The predicted molar refractivity (Wildman–Crippen MR) is 160 cm³/mol. The third-order valence-electron chi connectivity index (χ3n) is 12.6. The zero-order chi connectivity index (χ0) is 27.7. The minimum atomic E-state index is -0.181. The first kappa shape index (κ1) is 28.4. The average Bonchev–Trinajstić information content (AvgIpc) is 3.30. The van der Waals surface area contributed by atoms with Crippen LogP contribution in [0.3, 0.4) is 0 Å². The zero-order valence-corrected chi connectivity index (χ0v) is 25.2. The highest BCUT2D eigenvalue weighted by molar-refractivity contribution is 5.87. The summed E-state index contributed by atoms with van der Waals surface area (Å²) in [6.07, 6.45) is 18.9. The van der Waals surface area contributed by atoms with Crippen molar-refractivity contribution in [3.63, 3.8) is 0 Å². The lowest BCUT2D eigenvalue weighted by atomic mass is 9.45. The standard InChI is InChI=1S/C36H53NO3/c1-3-8-33(37-27-10-5-4-6-11-27)25-9-7-12-29(23-25)40-22-21-36-20-18-31-30(32(36)15-16-34(36)39)14-13-26-24-28(38)17-19-35(26,31)2/h7,9,12,23,26-27,30-33,37H,3-6,8,10-11,13-22,24H2,1-2H3/t26?,30?,31?,32?,33-,35-,36+/m0/s1. The Labute approximate surface area is 242 Å². The molecule has 7 atom stereocenters. The Balaban J connectivity index is 1.11. The minimum absolute atomic E-state index is 0.181. The first-order valence-corrected chi connectivity index (χ1v) is 17.0. The summed E-state index contributed by atoms with van der Waals surface area (Å²) in [5, 5.41) is 3.98. The van der Waals surface area contributed by atoms with E-state index >= 15 is 0 Å². The van der Waals surface area contributed by atoms with Crippen LogP contribution in [0.5, 0.6) is 5.75 Å². The van der Waals surface area contributed by atoms with Crippen molar-refractivity contribution >= 4 is 11.6 Å². The fourth-order valence-corrected chi connectivity index (χ4v) is 10.4. The van der Waals surface area contributed by atoms with E-state index in [9.17, 15) is 9.59 Å². The number of rotatable bonds is 9. The van der Waals surface area contributed by atoms with Gasteiger partial charge in [-0.25, -0.2) is 0 Å². The molecule has 4 unspecified atom stereocenters. The summed E-state index contributed by atoms with van der Waals surface area (Å²) in [6, 6.07) is 9.79. The highest BCUT2D eigenvalue weighted by atomic mass is 16.5. The summed E-state index contributed by atoms with van der Waals surface area (Å²) < 4.78 is 6.46. The van der Waals surface area contributed by atoms with Gasteiger partial charge in [0.2, 0.25) is 0 Å². The maximum Gasteiger partial charge on any atom is 0.139 e. The lowest BCUT2D eigenvalue weighted by molar-refractivity contribution is -0.147. The quantitative estimate of drug-likeness (QED) is 0.337. The Morgan fingerprint density at radius 1 is 0.975 bits per heavy atom. The van der Waals surface area contributed by atoms with Crippen LogP contribution in [0.2, 0.25) is 0 Å². The highest BCUT2D eigenvalue weighted by Crippen LogP contribution is 2.66. The summed E-state index contributed by atoms with van der Waals surface area (Å²) in [4.78, 5) is 25.8. The zero-order valence-electron chi connectivity index (χ0n) is 25.2. The third kappa shape index (κ3) is 5.32. The molecule has 6 rings (SSSR count). The number of hydrogen-bond donors (Lipinski definition) is 1. The van der Waals surface area contributed by atoms with Gasteiger partial charge >= 0.3 is 0 Å². The lowest BCUT2D eigenvalue weighted by Gasteiger charge is -2.59. The van der Waals surface area contributed by atoms with Crippen molar-refractivity contribution in [1.82, 2.24) is 5.32 Å². The molecule has 5 aliphatic carbocycles. The number of carbonyl (C=O) groups is 2. The summed E-state index contributed by atoms with van der Waals surface area (Å²) in [7, 11) is 0. The highest BCUT2D eigenvalue weighted by Gasteiger charge is 2.61. The van der Waals surface area contributed by atoms with Gasteiger partial charge < -0.3 is 10.1 Å². The summed E-state index contributed by atoms with van der Waals surface area (Å²) in [5.74, 6) is 4.37. The van der Waals surface area contributed by atoms with E-state index in [4.69, 9.17) is 4.74 Å². The first-order chi connectivity index (χ1) is 19.4. The Kier molecular flexibility index (Phi) is 8.46. The van der Waals surface area contributed by atoms with Gasteiger partial charge in [0.05, 0.1) is 6.61 Å². The second kappa shape index (κ2) is 11.9. The van der Waals surface area contributed by atoms with Crippen LogP contribution >= 0.6 is 0 Å². The van der Waals surface area contributed by atoms with Crippen molar-refractivity contribution in [3.8, 4) is 5.75 Å². The van der Waals surface area contributed by atoms with Crippen molar-refractivity contribution in [2.75, 3.05) is 6.61 Å². The van der Waals surface area contributed by atoms with Crippen molar-refractivity contribution in [1.29, 1.82) is 0 Å². The minimum Gasteiger partial charge on any atom is -0.494 e. The van der Waals surface area contributed by atoms with Crippen molar-refractivity contribution in [2.24, 2.45) is 34.5 Å². The number of fused-ring (bicyclic) bond motifs is 5. The number of ketones is 2. The van der Waals surface area contributed by atoms with Crippen LogP contribution in [-0.2, 0) is 9.59 Å². The predicted octanol–water partition coefficient (Wildman–Crippen LogP) is 8.38. The smallest absolute Gasteiger partial charge is 0.139 e. The van der Waals surface area contributed by atoms with Crippen LogP contribution in [0.25, 0.3) is 0 Å². The molecule has 4 nitrogen and oxygen atoms in total.